The van der Waals surface area contributed by atoms with Crippen LogP contribution in [0.2, 0.25) is 18.1 Å². The number of hydrogen-bond donors (Lipinski definition) is 0. The molecule has 1 saturated heterocycles. The summed E-state index contributed by atoms with van der Waals surface area (Å²) in [4.78, 5) is 0. The second kappa shape index (κ2) is 4.85. The van der Waals surface area contributed by atoms with E-state index in [0.717, 1.165) is 16.9 Å². The second-order valence-corrected chi connectivity index (χ2v) is 10.8. The normalized spacial score (nSPS) is 17.1. The predicted octanol–water partition coefficient (Wildman–Crippen LogP) is 4.02. The molecule has 0 N–H and O–H groups in total. The van der Waals surface area contributed by atoms with Crippen molar-refractivity contribution in [2.45, 2.75) is 45.8 Å². The molecule has 0 amide bonds. The van der Waals surface area contributed by atoms with Gasteiger partial charge in [0.2, 0.25) is 0 Å². The van der Waals surface area contributed by atoms with E-state index in [0.29, 0.717) is 13.2 Å². The first-order valence-electron chi connectivity index (χ1n) is 6.05. The van der Waals surface area contributed by atoms with Crippen molar-refractivity contribution in [3.05, 3.63) is 29.2 Å². The zero-order valence-electron chi connectivity index (χ0n) is 11.9. The van der Waals surface area contributed by atoms with Crippen molar-refractivity contribution in [2.24, 2.45) is 0 Å². The van der Waals surface area contributed by atoms with Crippen LogP contribution in [-0.2, 0) is 9.16 Å². The fourth-order valence-corrected chi connectivity index (χ4v) is 2.49. The molecule has 0 bridgehead atoms. The Labute approximate surface area is 106 Å². The van der Waals surface area contributed by atoms with Gasteiger partial charge >= 0.3 is 0 Å². The van der Waals surface area contributed by atoms with Crippen LogP contribution in [0.3, 0.4) is 0 Å². The molecular formula is C14H24O2Si. The molecule has 0 radical (unpaired) electrons. The van der Waals surface area contributed by atoms with E-state index in [9.17, 15) is 0 Å². The van der Waals surface area contributed by atoms with Gasteiger partial charge in [0.05, 0.1) is 13.2 Å². The molecular weight excluding hydrogens is 228 g/mol. The zero-order chi connectivity index (χ0) is 13.3. The van der Waals surface area contributed by atoms with Gasteiger partial charge in [0.15, 0.2) is 0 Å². The summed E-state index contributed by atoms with van der Waals surface area (Å²) in [6, 6.07) is 0. The van der Waals surface area contributed by atoms with E-state index < -0.39 is 8.32 Å². The molecule has 1 aliphatic rings. The van der Waals surface area contributed by atoms with Gasteiger partial charge in [-0.1, -0.05) is 33.1 Å². The third-order valence-corrected chi connectivity index (χ3v) is 7.92. The molecule has 2 nitrogen and oxygen atoms in total. The Morgan fingerprint density at radius 1 is 1.35 bits per heavy atom. The highest BCUT2D eigenvalue weighted by Gasteiger charge is 2.38. The summed E-state index contributed by atoms with van der Waals surface area (Å²) in [5.74, 6) is 0.859. The zero-order valence-corrected chi connectivity index (χ0v) is 12.9. The molecule has 0 saturated carbocycles. The smallest absolute Gasteiger partial charge is 0.250 e. The maximum absolute atomic E-state index is 6.14. The van der Waals surface area contributed by atoms with Crippen molar-refractivity contribution in [3.8, 4) is 0 Å². The Hall–Kier alpha value is -0.763. The van der Waals surface area contributed by atoms with Gasteiger partial charge in [-0.25, -0.2) is 0 Å². The lowest BCUT2D eigenvalue weighted by molar-refractivity contribution is 0.215. The van der Waals surface area contributed by atoms with Gasteiger partial charge in [0.25, 0.3) is 8.32 Å². The summed E-state index contributed by atoms with van der Waals surface area (Å²) in [5, 5.41) is 0.212. The van der Waals surface area contributed by atoms with Gasteiger partial charge in [-0.05, 0) is 30.6 Å². The van der Waals surface area contributed by atoms with Gasteiger partial charge in [-0.3, -0.25) is 0 Å². The van der Waals surface area contributed by atoms with Crippen LogP contribution in [0.1, 0.15) is 27.7 Å². The summed E-state index contributed by atoms with van der Waals surface area (Å²) in [7, 11) is -1.75. The van der Waals surface area contributed by atoms with Crippen molar-refractivity contribution in [2.75, 3.05) is 13.2 Å². The molecule has 3 heteroatoms. The van der Waals surface area contributed by atoms with Gasteiger partial charge in [-0.2, -0.15) is 0 Å². The molecule has 0 spiro atoms. The monoisotopic (exact) mass is 252 g/mol. The van der Waals surface area contributed by atoms with Crippen molar-refractivity contribution in [3.63, 3.8) is 0 Å². The number of ether oxygens (including phenoxy) is 1. The first-order valence-corrected chi connectivity index (χ1v) is 8.95. The van der Waals surface area contributed by atoms with Gasteiger partial charge in [-0.15, -0.1) is 0 Å². The maximum atomic E-state index is 6.14. The van der Waals surface area contributed by atoms with Gasteiger partial charge in [0, 0.05) is 5.57 Å². The third-order valence-electron chi connectivity index (χ3n) is 3.49. The van der Waals surface area contributed by atoms with Crippen molar-refractivity contribution in [1.82, 2.24) is 0 Å². The summed E-state index contributed by atoms with van der Waals surface area (Å²) in [5.41, 5.74) is 5.34. The molecule has 0 aromatic heterocycles. The number of hydrogen-bond acceptors (Lipinski definition) is 2. The predicted molar refractivity (Wildman–Crippen MR) is 74.5 cm³/mol. The molecule has 17 heavy (non-hydrogen) atoms. The molecule has 0 aromatic carbocycles. The Balaban J connectivity index is 2.89. The first kappa shape index (κ1) is 14.3. The minimum atomic E-state index is -1.75. The molecule has 1 heterocycles. The average Bonchev–Trinajstić information content (AvgIpc) is 2.48. The van der Waals surface area contributed by atoms with E-state index in [1.165, 1.54) is 0 Å². The lowest BCUT2D eigenvalue weighted by Crippen LogP contribution is -2.40. The Morgan fingerprint density at radius 2 is 1.94 bits per heavy atom. The van der Waals surface area contributed by atoms with Crippen LogP contribution in [-0.4, -0.2) is 21.5 Å². The minimum absolute atomic E-state index is 0.212. The fraction of sp³-hybridized carbons (Fsp3) is 0.643. The van der Waals surface area contributed by atoms with Crippen LogP contribution in [0, 0.1) is 0 Å². The molecule has 0 unspecified atom stereocenters. The van der Waals surface area contributed by atoms with E-state index in [-0.39, 0.29) is 5.04 Å². The summed E-state index contributed by atoms with van der Waals surface area (Å²) < 4.78 is 11.5. The first-order chi connectivity index (χ1) is 7.63. The van der Waals surface area contributed by atoms with Crippen LogP contribution in [0.4, 0.5) is 0 Å². The van der Waals surface area contributed by atoms with Gasteiger partial charge in [0.1, 0.15) is 5.76 Å². The molecule has 1 aliphatic heterocycles. The molecule has 0 aliphatic carbocycles. The quantitative estimate of drug-likeness (QED) is 0.420. The van der Waals surface area contributed by atoms with Crippen molar-refractivity contribution < 1.29 is 9.16 Å². The lowest BCUT2D eigenvalue weighted by atomic mass is 10.2. The number of rotatable bonds is 2. The largest absolute Gasteiger partial charge is 0.541 e. The standard InChI is InChI=1S/C14H24O2Si/c1-11-9-15-10-13(11)8-12(2)16-17(6,7)14(3,4)5/h1,9-10H2,2-7H3. The van der Waals surface area contributed by atoms with Crippen molar-refractivity contribution >= 4 is 8.32 Å². The van der Waals surface area contributed by atoms with E-state index in [4.69, 9.17) is 9.16 Å². The highest BCUT2D eigenvalue weighted by atomic mass is 28.4. The highest BCUT2D eigenvalue weighted by Crippen LogP contribution is 2.37. The van der Waals surface area contributed by atoms with E-state index in [1.807, 2.05) is 6.92 Å². The van der Waals surface area contributed by atoms with E-state index >= 15 is 0 Å². The van der Waals surface area contributed by atoms with Crippen LogP contribution in [0.15, 0.2) is 29.2 Å². The molecule has 0 atom stereocenters. The third kappa shape index (κ3) is 3.60. The average molecular weight is 252 g/mol. The van der Waals surface area contributed by atoms with Crippen LogP contribution < -0.4 is 0 Å². The molecule has 1 rings (SSSR count). The summed E-state index contributed by atoms with van der Waals surface area (Å²) in [6.45, 7) is 18.3. The SMILES string of the molecule is C=C1COCC1=C=C(C)O[Si](C)(C)C(C)(C)C. The fourth-order valence-electron chi connectivity index (χ4n) is 1.36. The maximum Gasteiger partial charge on any atom is 0.250 e. The Morgan fingerprint density at radius 3 is 2.35 bits per heavy atom. The molecule has 0 aromatic rings. The minimum Gasteiger partial charge on any atom is -0.541 e. The van der Waals surface area contributed by atoms with E-state index in [1.54, 1.807) is 0 Å². The highest BCUT2D eigenvalue weighted by molar-refractivity contribution is 6.74. The summed E-state index contributed by atoms with van der Waals surface area (Å²) >= 11 is 0. The molecule has 1 fully saturated rings. The van der Waals surface area contributed by atoms with Crippen LogP contribution in [0.25, 0.3) is 0 Å². The Bertz CT molecular complexity index is 380. The van der Waals surface area contributed by atoms with Gasteiger partial charge < -0.3 is 9.16 Å². The van der Waals surface area contributed by atoms with Crippen LogP contribution >= 0.6 is 0 Å². The van der Waals surface area contributed by atoms with Crippen molar-refractivity contribution in [1.29, 1.82) is 0 Å². The van der Waals surface area contributed by atoms with Crippen LogP contribution in [0.5, 0.6) is 0 Å². The second-order valence-electron chi connectivity index (χ2n) is 6.12. The van der Waals surface area contributed by atoms with E-state index in [2.05, 4.69) is 46.2 Å². The lowest BCUT2D eigenvalue weighted by Gasteiger charge is -2.36. The topological polar surface area (TPSA) is 18.5 Å². The molecule has 96 valence electrons. The Kier molecular flexibility index (Phi) is 4.08. The summed E-state index contributed by atoms with van der Waals surface area (Å²) in [6.07, 6.45) is 0.